The molecule has 1 aliphatic carbocycles. The van der Waals surface area contributed by atoms with E-state index in [1.165, 1.54) is 5.56 Å². The Bertz CT molecular complexity index is 1110. The van der Waals surface area contributed by atoms with Crippen molar-refractivity contribution in [2.45, 2.75) is 38.3 Å². The predicted octanol–water partition coefficient (Wildman–Crippen LogP) is 3.48. The van der Waals surface area contributed by atoms with Crippen LogP contribution >= 0.6 is 11.6 Å². The second-order valence-corrected chi connectivity index (χ2v) is 11.0. The van der Waals surface area contributed by atoms with Gasteiger partial charge in [0.05, 0.1) is 25.6 Å². The van der Waals surface area contributed by atoms with Crippen LogP contribution in [0.25, 0.3) is 0 Å². The van der Waals surface area contributed by atoms with Gasteiger partial charge in [0.15, 0.2) is 5.82 Å². The Labute approximate surface area is 232 Å². The van der Waals surface area contributed by atoms with Crippen molar-refractivity contribution in [3.05, 3.63) is 28.9 Å². The number of rotatable bonds is 11. The average Bonchev–Trinajstić information content (AvgIpc) is 3.06. The summed E-state index contributed by atoms with van der Waals surface area (Å²) in [4.78, 5) is 13.7. The highest BCUT2D eigenvalue weighted by atomic mass is 35.5. The van der Waals surface area contributed by atoms with E-state index < -0.39 is 11.3 Å². The van der Waals surface area contributed by atoms with Crippen molar-refractivity contribution in [3.63, 3.8) is 0 Å². The summed E-state index contributed by atoms with van der Waals surface area (Å²) in [7, 11) is 5.48. The highest BCUT2D eigenvalue weighted by molar-refractivity contribution is 7.77. The van der Waals surface area contributed by atoms with Crippen LogP contribution in [0.2, 0.25) is 5.02 Å². The van der Waals surface area contributed by atoms with Crippen molar-refractivity contribution in [2.24, 2.45) is 5.92 Å². The largest absolute Gasteiger partial charge is 0.495 e. The Hall–Kier alpha value is -2.22. The van der Waals surface area contributed by atoms with Crippen LogP contribution < -0.4 is 25.0 Å². The maximum Gasteiger partial charge on any atom is 0.231 e. The first kappa shape index (κ1) is 28.8. The van der Waals surface area contributed by atoms with Crippen LogP contribution in [0.5, 0.6) is 5.75 Å². The second kappa shape index (κ2) is 13.7. The van der Waals surface area contributed by atoms with E-state index in [0.29, 0.717) is 35.7 Å². The van der Waals surface area contributed by atoms with E-state index in [4.69, 9.17) is 25.6 Å². The summed E-state index contributed by atoms with van der Waals surface area (Å²) < 4.78 is 33.9. The van der Waals surface area contributed by atoms with Crippen LogP contribution in [0.15, 0.2) is 18.3 Å². The molecule has 1 aromatic carbocycles. The fourth-order valence-electron chi connectivity index (χ4n) is 5.15. The molecule has 4 N–H and O–H groups in total. The third-order valence-corrected chi connectivity index (χ3v) is 7.95. The van der Waals surface area contributed by atoms with Crippen molar-refractivity contribution in [1.29, 1.82) is 0 Å². The Morgan fingerprint density at radius 2 is 2.05 bits per heavy atom. The number of anilines is 4. The third kappa shape index (κ3) is 7.45. The number of halogens is 1. The van der Waals surface area contributed by atoms with Crippen LogP contribution in [0.4, 0.5) is 23.1 Å². The fraction of sp³-hybridized carbons (Fsp3) is 0.600. The SMILES string of the molecule is COCCN1CCN(C)c2cc(Nc3ncc(Cl)c(N[C@@H]4CCCC[C@@H]4CNS(=O)O)n3)c(OC)cc2C1. The van der Waals surface area contributed by atoms with Crippen LogP contribution in [0.3, 0.4) is 0 Å². The monoisotopic (exact) mass is 567 g/mol. The highest BCUT2D eigenvalue weighted by Gasteiger charge is 2.27. The van der Waals surface area contributed by atoms with Crippen LogP contribution in [-0.2, 0) is 22.5 Å². The molecule has 11 nitrogen and oxygen atoms in total. The fourth-order valence-corrected chi connectivity index (χ4v) is 5.65. The maximum absolute atomic E-state index is 11.1. The number of benzene rings is 1. The molecule has 1 saturated carbocycles. The molecule has 0 bridgehead atoms. The molecule has 1 fully saturated rings. The number of aromatic nitrogens is 2. The zero-order chi connectivity index (χ0) is 27.1. The van der Waals surface area contributed by atoms with E-state index in [2.05, 4.69) is 54.3 Å². The van der Waals surface area contributed by atoms with Crippen molar-refractivity contribution in [2.75, 3.05) is 69.6 Å². The Morgan fingerprint density at radius 3 is 2.82 bits per heavy atom. The maximum atomic E-state index is 11.1. The molecule has 38 heavy (non-hydrogen) atoms. The van der Waals surface area contributed by atoms with Gasteiger partial charge in [0.2, 0.25) is 17.2 Å². The topological polar surface area (TPSA) is 124 Å². The van der Waals surface area contributed by atoms with Gasteiger partial charge in [0, 0.05) is 58.6 Å². The first-order valence-electron chi connectivity index (χ1n) is 12.9. The van der Waals surface area contributed by atoms with Gasteiger partial charge in [-0.05, 0) is 36.5 Å². The lowest BCUT2D eigenvalue weighted by Gasteiger charge is -2.32. The van der Waals surface area contributed by atoms with E-state index in [1.54, 1.807) is 20.4 Å². The first-order valence-corrected chi connectivity index (χ1v) is 14.4. The smallest absolute Gasteiger partial charge is 0.231 e. The summed E-state index contributed by atoms with van der Waals surface area (Å²) in [5.41, 5.74) is 3.07. The Balaban J connectivity index is 1.54. The summed E-state index contributed by atoms with van der Waals surface area (Å²) in [6.45, 7) is 4.66. The molecular weight excluding hydrogens is 530 g/mol. The van der Waals surface area contributed by atoms with E-state index in [9.17, 15) is 4.21 Å². The number of ether oxygens (including phenoxy) is 2. The Kier molecular flexibility index (Phi) is 10.4. The second-order valence-electron chi connectivity index (χ2n) is 9.78. The molecule has 0 radical (unpaired) electrons. The lowest BCUT2D eigenvalue weighted by Crippen LogP contribution is -2.39. The van der Waals surface area contributed by atoms with Crippen LogP contribution in [0, 0.1) is 5.92 Å². The van der Waals surface area contributed by atoms with Crippen LogP contribution in [0.1, 0.15) is 31.2 Å². The minimum Gasteiger partial charge on any atom is -0.495 e. The van der Waals surface area contributed by atoms with Crippen molar-refractivity contribution in [3.8, 4) is 5.75 Å². The van der Waals surface area contributed by atoms with Crippen LogP contribution in [-0.4, -0.2) is 83.7 Å². The van der Waals surface area contributed by atoms with E-state index in [0.717, 1.165) is 63.2 Å². The molecule has 210 valence electrons. The third-order valence-electron chi connectivity index (χ3n) is 7.26. The standard InChI is InChI=1S/C25H38ClN7O4S/c1-32-8-9-33(10-11-36-2)16-18-12-23(37-3)21(13-22(18)32)30-25-27-15-19(26)24(31-25)29-20-7-5-4-6-17(20)14-28-38(34)35/h12-13,15,17,20,28H,4-11,14,16H2,1-3H3,(H,34,35)(H2,27,29,30,31)/t17-,20-/m1/s1. The van der Waals surface area contributed by atoms with Gasteiger partial charge in [-0.15, -0.1) is 0 Å². The molecule has 3 atom stereocenters. The number of hydrogen-bond acceptors (Lipinski definition) is 9. The number of methoxy groups -OCH3 is 2. The zero-order valence-electron chi connectivity index (χ0n) is 22.2. The summed E-state index contributed by atoms with van der Waals surface area (Å²) in [5, 5.41) is 7.21. The summed E-state index contributed by atoms with van der Waals surface area (Å²) >= 11 is 4.44. The lowest BCUT2D eigenvalue weighted by molar-refractivity contribution is 0.147. The molecule has 0 saturated heterocycles. The Morgan fingerprint density at radius 1 is 1.24 bits per heavy atom. The molecule has 0 amide bonds. The molecule has 2 aromatic rings. The quantitative estimate of drug-likeness (QED) is 0.300. The van der Waals surface area contributed by atoms with Gasteiger partial charge in [-0.25, -0.2) is 13.9 Å². The zero-order valence-corrected chi connectivity index (χ0v) is 23.8. The van der Waals surface area contributed by atoms with E-state index >= 15 is 0 Å². The molecular formula is C25H38ClN7O4S. The van der Waals surface area contributed by atoms with Crippen molar-refractivity contribution in [1.82, 2.24) is 19.6 Å². The summed E-state index contributed by atoms with van der Waals surface area (Å²) in [5.74, 6) is 1.82. The number of nitrogens with zero attached hydrogens (tertiary/aromatic N) is 4. The predicted molar refractivity (Wildman–Crippen MR) is 152 cm³/mol. The molecule has 4 rings (SSSR count). The minimum absolute atomic E-state index is 0.0804. The van der Waals surface area contributed by atoms with Gasteiger partial charge in [-0.2, -0.15) is 4.98 Å². The average molecular weight is 568 g/mol. The number of hydrogen-bond donors (Lipinski definition) is 4. The van der Waals surface area contributed by atoms with Gasteiger partial charge >= 0.3 is 0 Å². The molecule has 2 aliphatic rings. The molecule has 2 heterocycles. The van der Waals surface area contributed by atoms with E-state index in [-0.39, 0.29) is 12.0 Å². The first-order chi connectivity index (χ1) is 18.4. The number of nitrogens with one attached hydrogen (secondary N) is 3. The number of likely N-dealkylation sites (N-methyl/N-ethyl adjacent to an activating group) is 1. The van der Waals surface area contributed by atoms with Gasteiger partial charge in [0.1, 0.15) is 10.8 Å². The van der Waals surface area contributed by atoms with Gasteiger partial charge in [-0.1, -0.05) is 24.4 Å². The van der Waals surface area contributed by atoms with Crippen molar-refractivity contribution < 1.29 is 18.2 Å². The molecule has 0 spiro atoms. The molecule has 1 unspecified atom stereocenters. The normalized spacial score (nSPS) is 20.9. The van der Waals surface area contributed by atoms with Crippen molar-refractivity contribution >= 4 is 46.0 Å². The minimum atomic E-state index is -2.03. The van der Waals surface area contributed by atoms with Gasteiger partial charge in [0.25, 0.3) is 0 Å². The van der Waals surface area contributed by atoms with E-state index in [1.807, 2.05) is 0 Å². The molecule has 1 aromatic heterocycles. The van der Waals surface area contributed by atoms with Gasteiger partial charge in [-0.3, -0.25) is 9.45 Å². The van der Waals surface area contributed by atoms with Gasteiger partial charge < -0.3 is 25.0 Å². The summed E-state index contributed by atoms with van der Waals surface area (Å²) in [6.07, 6.45) is 5.63. The highest BCUT2D eigenvalue weighted by Crippen LogP contribution is 2.37. The summed E-state index contributed by atoms with van der Waals surface area (Å²) in [6, 6.07) is 4.23. The molecule has 13 heteroatoms. The number of fused-ring (bicyclic) bond motifs is 1. The lowest BCUT2D eigenvalue weighted by atomic mass is 9.84. The molecule has 1 aliphatic heterocycles.